The smallest absolute Gasteiger partial charge is 0.322 e. The average Bonchev–Trinajstić information content (AvgIpc) is 3.29. The Balaban J connectivity index is 1.70. The van der Waals surface area contributed by atoms with E-state index in [9.17, 15) is 14.0 Å². The number of rotatable bonds is 9. The number of carbonyl (C=O) groups excluding carboxylic acids is 2. The Kier molecular flexibility index (Phi) is 8.18. The van der Waals surface area contributed by atoms with Crippen LogP contribution in [0.3, 0.4) is 0 Å². The largest absolute Gasteiger partial charge is 0.376 e. The normalized spacial score (nSPS) is 15.3. The summed E-state index contributed by atoms with van der Waals surface area (Å²) in [6.07, 6.45) is 3.89. The molecule has 1 aliphatic heterocycles. The number of ether oxygens (including phenoxy) is 1. The van der Waals surface area contributed by atoms with Gasteiger partial charge in [0, 0.05) is 25.4 Å². The van der Waals surface area contributed by atoms with Crippen LogP contribution < -0.4 is 15.5 Å². The molecule has 0 spiro atoms. The number of hydrogen-bond acceptors (Lipinski definition) is 3. The van der Waals surface area contributed by atoms with Crippen molar-refractivity contribution < 1.29 is 18.7 Å². The summed E-state index contributed by atoms with van der Waals surface area (Å²) in [6.45, 7) is 5.47. The first kappa shape index (κ1) is 22.5. The summed E-state index contributed by atoms with van der Waals surface area (Å²) in [4.78, 5) is 26.7. The highest BCUT2D eigenvalue weighted by Gasteiger charge is 2.18. The van der Waals surface area contributed by atoms with Gasteiger partial charge in [0.05, 0.1) is 19.1 Å². The number of carbonyl (C=O) groups is 2. The summed E-state index contributed by atoms with van der Waals surface area (Å²) in [5.41, 5.74) is 2.23. The summed E-state index contributed by atoms with van der Waals surface area (Å²) in [5, 5.41) is 5.69. The summed E-state index contributed by atoms with van der Waals surface area (Å²) in [7, 11) is 0. The van der Waals surface area contributed by atoms with Gasteiger partial charge in [-0.25, -0.2) is 9.18 Å². The molecule has 31 heavy (non-hydrogen) atoms. The van der Waals surface area contributed by atoms with Crippen molar-refractivity contribution >= 4 is 17.6 Å². The maximum absolute atomic E-state index is 13.3. The van der Waals surface area contributed by atoms with E-state index in [0.717, 1.165) is 30.6 Å². The van der Waals surface area contributed by atoms with Crippen molar-refractivity contribution in [2.24, 2.45) is 0 Å². The van der Waals surface area contributed by atoms with Crippen molar-refractivity contribution in [3.8, 4) is 0 Å². The van der Waals surface area contributed by atoms with Crippen LogP contribution in [0.5, 0.6) is 0 Å². The molecule has 2 N–H and O–H groups in total. The highest BCUT2D eigenvalue weighted by atomic mass is 19.1. The third kappa shape index (κ3) is 6.93. The molecular weight excluding hydrogens is 397 g/mol. The predicted octanol–water partition coefficient (Wildman–Crippen LogP) is 3.57. The molecule has 1 heterocycles. The fraction of sp³-hybridized carbons (Fsp3) is 0.333. The van der Waals surface area contributed by atoms with E-state index in [1.807, 2.05) is 24.3 Å². The number of amides is 3. The molecule has 1 saturated heterocycles. The Morgan fingerprint density at radius 3 is 2.68 bits per heavy atom. The van der Waals surface area contributed by atoms with Crippen molar-refractivity contribution in [1.82, 2.24) is 10.6 Å². The van der Waals surface area contributed by atoms with Crippen LogP contribution in [-0.2, 0) is 22.5 Å². The lowest BCUT2D eigenvalue weighted by Gasteiger charge is -2.24. The minimum absolute atomic E-state index is 0.0890. The first-order valence-electron chi connectivity index (χ1n) is 10.4. The molecule has 0 bridgehead atoms. The minimum atomic E-state index is -0.331. The van der Waals surface area contributed by atoms with Crippen LogP contribution in [0.2, 0.25) is 0 Å². The summed E-state index contributed by atoms with van der Waals surface area (Å²) >= 11 is 0. The van der Waals surface area contributed by atoms with E-state index in [4.69, 9.17) is 4.74 Å². The monoisotopic (exact) mass is 425 g/mol. The molecular formula is C24H28FN3O3. The number of benzene rings is 2. The van der Waals surface area contributed by atoms with Crippen LogP contribution in [0, 0.1) is 5.82 Å². The third-order valence-electron chi connectivity index (χ3n) is 5.03. The van der Waals surface area contributed by atoms with E-state index < -0.39 is 0 Å². The highest BCUT2D eigenvalue weighted by molar-refractivity contribution is 5.92. The average molecular weight is 426 g/mol. The van der Waals surface area contributed by atoms with Gasteiger partial charge in [-0.2, -0.15) is 0 Å². The van der Waals surface area contributed by atoms with Gasteiger partial charge in [-0.05, 0) is 48.2 Å². The lowest BCUT2D eigenvalue weighted by Crippen LogP contribution is -2.39. The molecule has 3 rings (SSSR count). The van der Waals surface area contributed by atoms with Crippen LogP contribution in [0.1, 0.15) is 24.0 Å². The quantitative estimate of drug-likeness (QED) is 0.604. The zero-order valence-corrected chi connectivity index (χ0v) is 17.5. The van der Waals surface area contributed by atoms with Crippen LogP contribution in [0.25, 0.3) is 0 Å². The maximum atomic E-state index is 13.3. The number of nitrogens with zero attached hydrogens (tertiary/aromatic N) is 1. The van der Waals surface area contributed by atoms with Gasteiger partial charge < -0.3 is 15.4 Å². The molecule has 0 saturated carbocycles. The Hall–Kier alpha value is -3.19. The zero-order valence-electron chi connectivity index (χ0n) is 17.5. The minimum Gasteiger partial charge on any atom is -0.376 e. The fourth-order valence-electron chi connectivity index (χ4n) is 3.42. The molecule has 7 heteroatoms. The van der Waals surface area contributed by atoms with Crippen molar-refractivity contribution in [3.05, 3.63) is 78.1 Å². The van der Waals surface area contributed by atoms with Gasteiger partial charge in [0.15, 0.2) is 0 Å². The SMILES string of the molecule is C=CCNC(=O)N(Cc1ccc(F)cc1)c1cccc(CC(=O)NC[C@H]2CCCO2)c1. The Labute approximate surface area is 182 Å². The molecule has 0 radical (unpaired) electrons. The van der Waals surface area contributed by atoms with E-state index >= 15 is 0 Å². The van der Waals surface area contributed by atoms with Crippen molar-refractivity contribution in [3.63, 3.8) is 0 Å². The molecule has 0 unspecified atom stereocenters. The fourth-order valence-corrected chi connectivity index (χ4v) is 3.42. The molecule has 2 aromatic carbocycles. The van der Waals surface area contributed by atoms with E-state index in [0.29, 0.717) is 18.8 Å². The number of hydrogen-bond donors (Lipinski definition) is 2. The second-order valence-electron chi connectivity index (χ2n) is 7.47. The molecule has 164 valence electrons. The third-order valence-corrected chi connectivity index (χ3v) is 5.03. The van der Waals surface area contributed by atoms with E-state index in [1.54, 1.807) is 23.1 Å². The van der Waals surface area contributed by atoms with Gasteiger partial charge in [-0.1, -0.05) is 30.3 Å². The van der Waals surface area contributed by atoms with Crippen LogP contribution in [0.15, 0.2) is 61.2 Å². The molecule has 1 aliphatic rings. The lowest BCUT2D eigenvalue weighted by molar-refractivity contribution is -0.120. The van der Waals surface area contributed by atoms with Gasteiger partial charge in [0.1, 0.15) is 5.82 Å². The standard InChI is InChI=1S/C24H28FN3O3/c1-2-12-26-24(30)28(17-18-8-10-20(25)11-9-18)21-6-3-5-19(14-21)15-23(29)27-16-22-7-4-13-31-22/h2-3,5-6,8-11,14,22H,1,4,7,12-13,15-17H2,(H,26,30)(H,27,29)/t22-/m1/s1. The Bertz CT molecular complexity index is 895. The molecule has 0 aromatic heterocycles. The Morgan fingerprint density at radius 1 is 1.16 bits per heavy atom. The number of halogens is 1. The van der Waals surface area contributed by atoms with Crippen LogP contribution in [0.4, 0.5) is 14.9 Å². The summed E-state index contributed by atoms with van der Waals surface area (Å²) < 4.78 is 18.8. The van der Waals surface area contributed by atoms with Crippen molar-refractivity contribution in [2.75, 3.05) is 24.6 Å². The first-order valence-corrected chi connectivity index (χ1v) is 10.4. The van der Waals surface area contributed by atoms with Gasteiger partial charge in [0.2, 0.25) is 5.91 Å². The van der Waals surface area contributed by atoms with E-state index in [-0.39, 0.29) is 36.8 Å². The Morgan fingerprint density at radius 2 is 1.97 bits per heavy atom. The second kappa shape index (κ2) is 11.3. The summed E-state index contributed by atoms with van der Waals surface area (Å²) in [5.74, 6) is -0.420. The molecule has 2 aromatic rings. The second-order valence-corrected chi connectivity index (χ2v) is 7.47. The molecule has 0 aliphatic carbocycles. The van der Waals surface area contributed by atoms with Crippen molar-refractivity contribution in [1.29, 1.82) is 0 Å². The number of anilines is 1. The van der Waals surface area contributed by atoms with Gasteiger partial charge in [0.25, 0.3) is 0 Å². The van der Waals surface area contributed by atoms with Crippen LogP contribution in [-0.4, -0.2) is 37.7 Å². The molecule has 1 fully saturated rings. The van der Waals surface area contributed by atoms with Gasteiger partial charge >= 0.3 is 6.03 Å². The zero-order chi connectivity index (χ0) is 22.1. The topological polar surface area (TPSA) is 70.7 Å². The molecule has 1 atom stereocenters. The summed E-state index contributed by atoms with van der Waals surface area (Å²) in [6, 6.07) is 13.0. The lowest BCUT2D eigenvalue weighted by atomic mass is 10.1. The predicted molar refractivity (Wildman–Crippen MR) is 118 cm³/mol. The van der Waals surface area contributed by atoms with E-state index in [2.05, 4.69) is 17.2 Å². The first-order chi connectivity index (χ1) is 15.0. The number of urea groups is 1. The van der Waals surface area contributed by atoms with E-state index in [1.165, 1.54) is 12.1 Å². The van der Waals surface area contributed by atoms with Gasteiger partial charge in [-0.15, -0.1) is 6.58 Å². The van der Waals surface area contributed by atoms with Crippen molar-refractivity contribution in [2.45, 2.75) is 31.9 Å². The van der Waals surface area contributed by atoms with Crippen LogP contribution >= 0.6 is 0 Å². The number of nitrogens with one attached hydrogen (secondary N) is 2. The highest BCUT2D eigenvalue weighted by Crippen LogP contribution is 2.20. The molecule has 3 amide bonds. The molecule has 6 nitrogen and oxygen atoms in total. The maximum Gasteiger partial charge on any atom is 0.322 e. The van der Waals surface area contributed by atoms with Gasteiger partial charge in [-0.3, -0.25) is 9.69 Å².